The highest BCUT2D eigenvalue weighted by molar-refractivity contribution is 5.76. The average molecular weight is 1300 g/mol. The molecule has 17 unspecified atom stereocenters. The predicted molar refractivity (Wildman–Crippen MR) is 356 cm³/mol. The summed E-state index contributed by atoms with van der Waals surface area (Å²) < 4.78 is 34.5. The molecule has 0 aromatic heterocycles. The van der Waals surface area contributed by atoms with Gasteiger partial charge in [0, 0.05) is 6.42 Å². The van der Waals surface area contributed by atoms with Crippen molar-refractivity contribution < 1.29 is 89.4 Å². The molecule has 1 amide bonds. The summed E-state index contributed by atoms with van der Waals surface area (Å²) in [5, 5.41) is 121. The van der Waals surface area contributed by atoms with Gasteiger partial charge in [0.15, 0.2) is 18.9 Å². The van der Waals surface area contributed by atoms with Crippen molar-refractivity contribution in [3.8, 4) is 0 Å². The summed E-state index contributed by atoms with van der Waals surface area (Å²) in [5.74, 6) is -0.247. The molecule has 3 aliphatic heterocycles. The molecular weight excluding hydrogens is 1170 g/mol. The second-order valence-corrected chi connectivity index (χ2v) is 26.8. The van der Waals surface area contributed by atoms with E-state index in [2.05, 4.69) is 43.5 Å². The van der Waals surface area contributed by atoms with Gasteiger partial charge < -0.3 is 89.9 Å². The molecule has 0 radical (unpaired) electrons. The molecule has 19 heteroatoms. The van der Waals surface area contributed by atoms with Crippen LogP contribution in [0, 0.1) is 0 Å². The molecule has 3 aliphatic rings. The zero-order valence-corrected chi connectivity index (χ0v) is 56.8. The zero-order chi connectivity index (χ0) is 66.1. The Labute approximate surface area is 549 Å². The predicted octanol–water partition coefficient (Wildman–Crippen LogP) is 10.6. The summed E-state index contributed by atoms with van der Waals surface area (Å²) in [6.45, 7) is 1.81. The first-order chi connectivity index (χ1) is 44.3. The number of hydrogen-bond donors (Lipinski definition) is 12. The lowest BCUT2D eigenvalue weighted by molar-refractivity contribution is -0.379. The molecule has 3 fully saturated rings. The van der Waals surface area contributed by atoms with Gasteiger partial charge in [-0.1, -0.05) is 269 Å². The fourth-order valence-electron chi connectivity index (χ4n) is 12.8. The van der Waals surface area contributed by atoms with Gasteiger partial charge in [0.05, 0.1) is 38.6 Å². The Morgan fingerprint density at radius 2 is 0.725 bits per heavy atom. The number of allylic oxidation sites excluding steroid dienone is 4. The van der Waals surface area contributed by atoms with Crippen molar-refractivity contribution >= 4 is 5.91 Å². The van der Waals surface area contributed by atoms with Gasteiger partial charge in [-0.25, -0.2) is 0 Å². The van der Waals surface area contributed by atoms with E-state index in [0.29, 0.717) is 12.8 Å². The zero-order valence-electron chi connectivity index (χ0n) is 56.8. The summed E-state index contributed by atoms with van der Waals surface area (Å²) >= 11 is 0. The highest BCUT2D eigenvalue weighted by Gasteiger charge is 2.53. The Hall–Kier alpha value is -1.73. The number of carbonyl (C=O) groups is 1. The van der Waals surface area contributed by atoms with Crippen LogP contribution in [0.15, 0.2) is 24.3 Å². The molecule has 17 atom stereocenters. The largest absolute Gasteiger partial charge is 0.394 e. The van der Waals surface area contributed by atoms with E-state index in [1.54, 1.807) is 0 Å². The normalized spacial score (nSPS) is 27.9. The molecule has 12 N–H and O–H groups in total. The lowest BCUT2D eigenvalue weighted by Crippen LogP contribution is -2.66. The van der Waals surface area contributed by atoms with Gasteiger partial charge in [-0.2, -0.15) is 0 Å². The highest BCUT2D eigenvalue weighted by Crippen LogP contribution is 2.33. The maximum absolute atomic E-state index is 13.4. The van der Waals surface area contributed by atoms with Gasteiger partial charge in [0.25, 0.3) is 0 Å². The Morgan fingerprint density at radius 3 is 1.13 bits per heavy atom. The van der Waals surface area contributed by atoms with Gasteiger partial charge in [-0.15, -0.1) is 0 Å². The third kappa shape index (κ3) is 35.9. The fourth-order valence-corrected chi connectivity index (χ4v) is 12.8. The molecule has 536 valence electrons. The Balaban J connectivity index is 1.39. The minimum atomic E-state index is -1.97. The SMILES string of the molecule is CCCCCC/C=C\C/C=C\CCCCCCCCCC(=O)NC(COC1OC(CO)C(OC2OC(CO)C(OC3OC(CO)C(O)C(O)C3O)C(O)C2O)C(O)C1O)C(O)CCCCCCCCCCCCCCCCCCCCCCCCCCCCCC. The van der Waals surface area contributed by atoms with Crippen LogP contribution < -0.4 is 5.32 Å². The van der Waals surface area contributed by atoms with E-state index in [1.165, 1.54) is 193 Å². The lowest BCUT2D eigenvalue weighted by atomic mass is 9.96. The van der Waals surface area contributed by atoms with Crippen LogP contribution >= 0.6 is 0 Å². The van der Waals surface area contributed by atoms with Gasteiger partial charge >= 0.3 is 0 Å². The van der Waals surface area contributed by atoms with E-state index >= 15 is 0 Å². The first-order valence-electron chi connectivity index (χ1n) is 37.1. The van der Waals surface area contributed by atoms with Crippen LogP contribution in [-0.4, -0.2) is 193 Å². The van der Waals surface area contributed by atoms with Gasteiger partial charge in [0.1, 0.15) is 73.2 Å². The Kier molecular flexibility index (Phi) is 49.8. The molecule has 0 bridgehead atoms. The summed E-state index contributed by atoms with van der Waals surface area (Å²) in [7, 11) is 0. The average Bonchev–Trinajstić information content (AvgIpc) is 0.844. The Morgan fingerprint density at radius 1 is 0.396 bits per heavy atom. The van der Waals surface area contributed by atoms with Crippen LogP contribution in [0.1, 0.15) is 296 Å². The minimum absolute atomic E-state index is 0.247. The van der Waals surface area contributed by atoms with Crippen LogP contribution in [0.5, 0.6) is 0 Å². The maximum atomic E-state index is 13.4. The van der Waals surface area contributed by atoms with Gasteiger partial charge in [-0.3, -0.25) is 4.79 Å². The number of nitrogens with one attached hydrogen (secondary N) is 1. The van der Waals surface area contributed by atoms with Crippen molar-refractivity contribution in [3.05, 3.63) is 24.3 Å². The molecule has 19 nitrogen and oxygen atoms in total. The number of unbranched alkanes of at least 4 members (excludes halogenated alkanes) is 38. The number of carbonyl (C=O) groups excluding carboxylic acids is 1. The van der Waals surface area contributed by atoms with Crippen LogP contribution in [0.25, 0.3) is 0 Å². The van der Waals surface area contributed by atoms with E-state index in [4.69, 9.17) is 28.4 Å². The topological polar surface area (TPSA) is 307 Å². The Bertz CT molecular complexity index is 1750. The minimum Gasteiger partial charge on any atom is -0.394 e. The molecule has 3 rings (SSSR count). The smallest absolute Gasteiger partial charge is 0.220 e. The lowest BCUT2D eigenvalue weighted by Gasteiger charge is -2.48. The van der Waals surface area contributed by atoms with E-state index in [9.17, 15) is 61.0 Å². The number of hydrogen-bond acceptors (Lipinski definition) is 18. The van der Waals surface area contributed by atoms with E-state index in [1.807, 2.05) is 0 Å². The molecule has 91 heavy (non-hydrogen) atoms. The van der Waals surface area contributed by atoms with Crippen LogP contribution in [-0.2, 0) is 33.2 Å². The van der Waals surface area contributed by atoms with Gasteiger partial charge in [0.2, 0.25) is 5.91 Å². The van der Waals surface area contributed by atoms with E-state index in [0.717, 1.165) is 70.6 Å². The third-order valence-corrected chi connectivity index (χ3v) is 18.8. The summed E-state index contributed by atoms with van der Waals surface area (Å²) in [4.78, 5) is 13.4. The number of aliphatic hydroxyl groups is 11. The van der Waals surface area contributed by atoms with Crippen LogP contribution in [0.4, 0.5) is 0 Å². The molecule has 3 saturated heterocycles. The van der Waals surface area contributed by atoms with E-state index < -0.39 is 124 Å². The molecule has 0 aromatic rings. The fraction of sp³-hybridized carbons (Fsp3) is 0.931. The maximum Gasteiger partial charge on any atom is 0.220 e. The van der Waals surface area contributed by atoms with Crippen molar-refractivity contribution in [2.75, 3.05) is 26.4 Å². The number of amides is 1. The number of rotatable bonds is 58. The monoisotopic (exact) mass is 1300 g/mol. The molecule has 0 aromatic carbocycles. The number of aliphatic hydroxyl groups excluding tert-OH is 11. The second-order valence-electron chi connectivity index (χ2n) is 26.8. The van der Waals surface area contributed by atoms with Crippen LogP contribution in [0.3, 0.4) is 0 Å². The van der Waals surface area contributed by atoms with Gasteiger partial charge in [-0.05, 0) is 44.9 Å². The number of ether oxygens (including phenoxy) is 6. The summed E-state index contributed by atoms with van der Waals surface area (Å²) in [5.41, 5.74) is 0. The van der Waals surface area contributed by atoms with Crippen molar-refractivity contribution in [1.29, 1.82) is 0 Å². The molecular formula is C72H135NO18. The molecule has 0 saturated carbocycles. The van der Waals surface area contributed by atoms with Crippen molar-refractivity contribution in [2.45, 2.75) is 401 Å². The first-order valence-corrected chi connectivity index (χ1v) is 37.1. The highest BCUT2D eigenvalue weighted by atomic mass is 16.8. The first kappa shape index (κ1) is 83.5. The van der Waals surface area contributed by atoms with Crippen LogP contribution in [0.2, 0.25) is 0 Å². The van der Waals surface area contributed by atoms with Crippen molar-refractivity contribution in [3.63, 3.8) is 0 Å². The quantitative estimate of drug-likeness (QED) is 0.0199. The third-order valence-electron chi connectivity index (χ3n) is 18.8. The second kappa shape index (κ2) is 54.3. The standard InChI is InChI=1S/C72H135NO18/c1-3-5-7-9-11-13-15-17-19-21-23-24-25-26-27-28-29-30-31-32-33-35-37-39-41-43-45-47-49-56(77)55(73-60(78)50-48-46-44-42-40-38-36-34-22-20-18-16-14-12-10-8-6-4-2)54-86-70-66(84)63(81)68(58(52-75)88-70)91-72-67(85)64(82)69(59(53-76)89-72)90-71-65(83)62(80)61(79)57(51-74)87-71/h14,16,20,22,55-59,61-72,74-77,79-85H,3-13,15,17-19,21,23-54H2,1-2H3,(H,73,78)/b16-14-,22-20-. The summed E-state index contributed by atoms with van der Waals surface area (Å²) in [6.07, 6.45) is 35.5. The van der Waals surface area contributed by atoms with E-state index in [-0.39, 0.29) is 18.9 Å². The molecule has 0 aliphatic carbocycles. The summed E-state index contributed by atoms with van der Waals surface area (Å²) in [6, 6.07) is -0.891. The molecule has 0 spiro atoms. The van der Waals surface area contributed by atoms with Crippen molar-refractivity contribution in [1.82, 2.24) is 5.32 Å². The van der Waals surface area contributed by atoms with Crippen molar-refractivity contribution in [2.24, 2.45) is 0 Å². The molecule has 3 heterocycles.